The number of rotatable bonds is 0. The molecule has 0 radical (unpaired) electrons. The second-order valence-corrected chi connectivity index (χ2v) is 1.72. The van der Waals surface area contributed by atoms with Crippen LogP contribution in [0.3, 0.4) is 0 Å². The first-order valence-electron chi connectivity index (χ1n) is 0.875. The van der Waals surface area contributed by atoms with Gasteiger partial charge in [-0.05, 0) is 0 Å². The molecule has 0 saturated carbocycles. The average molecular weight is 174 g/mol. The Morgan fingerprint density at radius 1 is 1.12 bits per heavy atom. The maximum Gasteiger partial charge on any atom is 1.00 e. The molecule has 4 N–H and O–H groups in total. The molecule has 0 aliphatic rings. The molecule has 40 valence electrons. The standard InChI is InChI=1S/K.Na.H3O4Si.H2O/c;;1-5(2,3)4;/h;;1-3H;1H2/q2*+1;-1;/p-1. The molecule has 0 saturated heterocycles. The third-order valence-corrected chi connectivity index (χ3v) is 0. The molecule has 0 heterocycles. The van der Waals surface area contributed by atoms with E-state index in [9.17, 15) is 0 Å². The maximum atomic E-state index is 8.91. The molecule has 0 unspecified atom stereocenters. The topological polar surface area (TPSA) is 114 Å². The summed E-state index contributed by atoms with van der Waals surface area (Å²) in [5, 5.41) is 0. The van der Waals surface area contributed by atoms with Gasteiger partial charge in [0, 0.05) is 0 Å². The van der Waals surface area contributed by atoms with E-state index in [1.807, 2.05) is 0 Å². The van der Waals surface area contributed by atoms with Crippen LogP contribution < -0.4 is 85.7 Å². The van der Waals surface area contributed by atoms with Crippen molar-refractivity contribution < 1.29 is 106 Å². The summed E-state index contributed by atoms with van der Waals surface area (Å²) in [7, 11) is -4.86. The number of hydrogen-bond acceptors (Lipinski definition) is 5. The van der Waals surface area contributed by atoms with Crippen LogP contribution in [0, 0.1) is 0 Å². The van der Waals surface area contributed by atoms with Crippen molar-refractivity contribution in [3.05, 3.63) is 0 Å². The van der Waals surface area contributed by atoms with Gasteiger partial charge in [-0.3, -0.25) is 0 Å². The molecule has 0 fully saturated rings. The molecule has 0 amide bonds. The summed E-state index contributed by atoms with van der Waals surface area (Å²) < 4.78 is 0. The Morgan fingerprint density at radius 2 is 1.12 bits per heavy atom. The largest absolute Gasteiger partial charge is 1.00 e. The fraction of sp³-hybridized carbons (Fsp3) is 0. The van der Waals surface area contributed by atoms with Crippen LogP contribution >= 0.6 is 0 Å². The summed E-state index contributed by atoms with van der Waals surface area (Å²) in [6, 6.07) is 0. The Labute approximate surface area is 112 Å². The Kier molecular flexibility index (Phi) is 27.1. The van der Waals surface area contributed by atoms with Crippen molar-refractivity contribution in [3.8, 4) is 0 Å². The van der Waals surface area contributed by atoms with E-state index >= 15 is 0 Å². The van der Waals surface area contributed by atoms with Gasteiger partial charge in [-0.25, -0.2) is 0 Å². The predicted molar refractivity (Wildman–Crippen MR) is 14.3 cm³/mol. The molecular weight excluding hydrogens is 170 g/mol. The van der Waals surface area contributed by atoms with Gasteiger partial charge < -0.3 is 24.7 Å². The second-order valence-electron chi connectivity index (χ2n) is 0.574. The molecule has 0 aromatic rings. The van der Waals surface area contributed by atoms with Crippen molar-refractivity contribution in [1.29, 1.82) is 0 Å². The zero-order valence-corrected chi connectivity index (χ0v) is 10.8. The Hall–Kier alpha value is 2.65. The van der Waals surface area contributed by atoms with Gasteiger partial charge in [0.1, 0.15) is 0 Å². The number of hydrogen-bond donors (Lipinski definition) is 3. The first kappa shape index (κ1) is 22.4. The zero-order chi connectivity index (χ0) is 4.50. The van der Waals surface area contributed by atoms with E-state index in [4.69, 9.17) is 19.2 Å². The quantitative estimate of drug-likeness (QED) is 0.315. The normalized spacial score (nSPS) is 7.50. The van der Waals surface area contributed by atoms with Crippen LogP contribution in [0.4, 0.5) is 0 Å². The van der Waals surface area contributed by atoms with E-state index in [2.05, 4.69) is 0 Å². The Morgan fingerprint density at radius 3 is 1.12 bits per heavy atom. The minimum Gasteiger partial charge on any atom is -0.870 e. The Balaban J connectivity index is -0.0000000267. The van der Waals surface area contributed by atoms with Crippen molar-refractivity contribution in [3.63, 3.8) is 0 Å². The third-order valence-electron chi connectivity index (χ3n) is 0. The van der Waals surface area contributed by atoms with Gasteiger partial charge in [0.05, 0.1) is 0 Å². The molecular formula is H4KNaO5Si. The summed E-state index contributed by atoms with van der Waals surface area (Å²) in [6.07, 6.45) is 0. The monoisotopic (exact) mass is 174 g/mol. The van der Waals surface area contributed by atoms with Gasteiger partial charge in [0.15, 0.2) is 0 Å². The van der Waals surface area contributed by atoms with Crippen LogP contribution in [0.2, 0.25) is 0 Å². The summed E-state index contributed by atoms with van der Waals surface area (Å²) in [4.78, 5) is 30.6. The van der Waals surface area contributed by atoms with Gasteiger partial charge in [-0.1, -0.05) is 0 Å². The van der Waals surface area contributed by atoms with E-state index in [1.54, 1.807) is 0 Å². The molecule has 0 aromatic heterocycles. The van der Waals surface area contributed by atoms with Gasteiger partial charge in [-0.2, -0.15) is 0 Å². The van der Waals surface area contributed by atoms with Crippen LogP contribution in [0.15, 0.2) is 0 Å². The fourth-order valence-electron chi connectivity index (χ4n) is 0. The minimum absolute atomic E-state index is 0. The van der Waals surface area contributed by atoms with Gasteiger partial charge >= 0.3 is 90.0 Å². The smallest absolute Gasteiger partial charge is 0.870 e. The van der Waals surface area contributed by atoms with Gasteiger partial charge in [0.2, 0.25) is 0 Å². The molecule has 8 heavy (non-hydrogen) atoms. The zero-order valence-electron chi connectivity index (χ0n) is 4.70. The molecule has 0 bridgehead atoms. The third kappa shape index (κ3) is 72.0. The first-order chi connectivity index (χ1) is 2.00. The van der Waals surface area contributed by atoms with Crippen LogP contribution in [0.25, 0.3) is 0 Å². The van der Waals surface area contributed by atoms with E-state index in [1.165, 1.54) is 0 Å². The first-order valence-corrected chi connectivity index (χ1v) is 2.62. The SMILES string of the molecule is [K+].[Na+].[O-][Si](O)(O)O.[OH-]. The maximum absolute atomic E-state index is 8.91. The van der Waals surface area contributed by atoms with E-state index in [0.717, 1.165) is 0 Å². The predicted octanol–water partition coefficient (Wildman–Crippen LogP) is -9.41. The van der Waals surface area contributed by atoms with Crippen LogP contribution in [-0.2, 0) is 0 Å². The van der Waals surface area contributed by atoms with E-state index < -0.39 is 9.05 Å². The van der Waals surface area contributed by atoms with Crippen LogP contribution in [0.5, 0.6) is 0 Å². The molecule has 5 nitrogen and oxygen atoms in total. The summed E-state index contributed by atoms with van der Waals surface area (Å²) in [5.74, 6) is 0. The van der Waals surface area contributed by atoms with Crippen LogP contribution in [-0.4, -0.2) is 28.9 Å². The van der Waals surface area contributed by atoms with Crippen molar-refractivity contribution in [2.24, 2.45) is 0 Å². The summed E-state index contributed by atoms with van der Waals surface area (Å²) >= 11 is 0. The van der Waals surface area contributed by atoms with Crippen molar-refractivity contribution in [2.45, 2.75) is 0 Å². The Bertz CT molecular complexity index is 27.9. The molecule has 0 aliphatic heterocycles. The second kappa shape index (κ2) is 9.65. The molecule has 0 aliphatic carbocycles. The van der Waals surface area contributed by atoms with Crippen molar-refractivity contribution >= 4 is 9.05 Å². The van der Waals surface area contributed by atoms with Gasteiger partial charge in [-0.15, -0.1) is 0 Å². The fourth-order valence-corrected chi connectivity index (χ4v) is 0. The molecule has 0 spiro atoms. The minimum atomic E-state index is -4.86. The summed E-state index contributed by atoms with van der Waals surface area (Å²) in [5.41, 5.74) is 0. The van der Waals surface area contributed by atoms with E-state index in [-0.39, 0.29) is 86.4 Å². The molecule has 8 heteroatoms. The van der Waals surface area contributed by atoms with Crippen molar-refractivity contribution in [1.82, 2.24) is 0 Å². The average Bonchev–Trinajstić information content (AvgIpc) is 0.722. The van der Waals surface area contributed by atoms with Crippen LogP contribution in [0.1, 0.15) is 0 Å². The summed E-state index contributed by atoms with van der Waals surface area (Å²) in [6.45, 7) is 0. The van der Waals surface area contributed by atoms with Gasteiger partial charge in [0.25, 0.3) is 0 Å². The molecule has 0 rings (SSSR count). The molecule has 0 atom stereocenters. The van der Waals surface area contributed by atoms with Crippen molar-refractivity contribution in [2.75, 3.05) is 0 Å². The van der Waals surface area contributed by atoms with E-state index in [0.29, 0.717) is 0 Å². The molecule has 0 aromatic carbocycles.